The first-order valence-corrected chi connectivity index (χ1v) is 7.69. The second kappa shape index (κ2) is 6.14. The van der Waals surface area contributed by atoms with E-state index in [0.717, 1.165) is 34.2 Å². The SMILES string of the molecule is CCC(=O)NCc1ccc(-c2ccc3c(c2)CCC3=O)cc1. The molecule has 0 heterocycles. The second-order valence-electron chi connectivity index (χ2n) is 5.62. The molecule has 0 unspecified atom stereocenters. The van der Waals surface area contributed by atoms with Crippen molar-refractivity contribution in [1.82, 2.24) is 5.32 Å². The van der Waals surface area contributed by atoms with Crippen molar-refractivity contribution in [1.29, 1.82) is 0 Å². The Hall–Kier alpha value is -2.42. The summed E-state index contributed by atoms with van der Waals surface area (Å²) in [6.45, 7) is 2.41. The van der Waals surface area contributed by atoms with Crippen LogP contribution in [0, 0.1) is 0 Å². The number of Topliss-reactive ketones (excluding diaryl/α,β-unsaturated/α-hetero) is 1. The molecule has 2 aromatic carbocycles. The standard InChI is InChI=1S/C19H19NO2/c1-2-19(22)20-12-13-3-5-14(6-4-13)15-7-9-17-16(11-15)8-10-18(17)21/h3-7,9,11H,2,8,10,12H2,1H3,(H,20,22). The lowest BCUT2D eigenvalue weighted by molar-refractivity contribution is -0.120. The van der Waals surface area contributed by atoms with Gasteiger partial charge >= 0.3 is 0 Å². The van der Waals surface area contributed by atoms with Gasteiger partial charge in [0, 0.05) is 24.9 Å². The lowest BCUT2D eigenvalue weighted by atomic mass is 9.99. The Morgan fingerprint density at radius 2 is 1.77 bits per heavy atom. The summed E-state index contributed by atoms with van der Waals surface area (Å²) in [6, 6.07) is 14.3. The van der Waals surface area contributed by atoms with Gasteiger partial charge < -0.3 is 5.32 Å². The van der Waals surface area contributed by atoms with Crippen molar-refractivity contribution in [3.8, 4) is 11.1 Å². The fourth-order valence-corrected chi connectivity index (χ4v) is 2.78. The number of amides is 1. The molecule has 0 radical (unpaired) electrons. The van der Waals surface area contributed by atoms with Gasteiger partial charge in [-0.05, 0) is 28.7 Å². The number of nitrogens with one attached hydrogen (secondary N) is 1. The third-order valence-corrected chi connectivity index (χ3v) is 4.13. The van der Waals surface area contributed by atoms with Gasteiger partial charge in [-0.1, -0.05) is 49.4 Å². The first-order valence-electron chi connectivity index (χ1n) is 7.69. The molecule has 1 amide bonds. The molecule has 3 nitrogen and oxygen atoms in total. The van der Waals surface area contributed by atoms with Crippen molar-refractivity contribution in [2.75, 3.05) is 0 Å². The molecular formula is C19H19NO2. The first-order chi connectivity index (χ1) is 10.7. The monoisotopic (exact) mass is 293 g/mol. The molecule has 0 bridgehead atoms. The molecule has 0 saturated carbocycles. The van der Waals surface area contributed by atoms with Gasteiger partial charge in [-0.2, -0.15) is 0 Å². The molecule has 1 N–H and O–H groups in total. The molecular weight excluding hydrogens is 274 g/mol. The number of rotatable bonds is 4. The van der Waals surface area contributed by atoms with E-state index in [4.69, 9.17) is 0 Å². The van der Waals surface area contributed by atoms with Crippen molar-refractivity contribution < 1.29 is 9.59 Å². The fraction of sp³-hybridized carbons (Fsp3) is 0.263. The molecule has 0 saturated heterocycles. The van der Waals surface area contributed by atoms with E-state index in [1.165, 1.54) is 0 Å². The normalized spacial score (nSPS) is 13.0. The highest BCUT2D eigenvalue weighted by Crippen LogP contribution is 2.28. The van der Waals surface area contributed by atoms with E-state index >= 15 is 0 Å². The van der Waals surface area contributed by atoms with Gasteiger partial charge in [-0.15, -0.1) is 0 Å². The summed E-state index contributed by atoms with van der Waals surface area (Å²) in [5.74, 6) is 0.316. The van der Waals surface area contributed by atoms with Crippen LogP contribution < -0.4 is 5.32 Å². The number of ketones is 1. The number of carbonyl (C=O) groups excluding carboxylic acids is 2. The quantitative estimate of drug-likeness (QED) is 0.937. The highest BCUT2D eigenvalue weighted by Gasteiger charge is 2.19. The van der Waals surface area contributed by atoms with E-state index in [2.05, 4.69) is 23.5 Å². The molecule has 3 heteroatoms. The van der Waals surface area contributed by atoms with Crippen LogP contribution in [-0.4, -0.2) is 11.7 Å². The third-order valence-electron chi connectivity index (χ3n) is 4.13. The molecule has 0 aromatic heterocycles. The molecule has 0 atom stereocenters. The van der Waals surface area contributed by atoms with E-state index in [-0.39, 0.29) is 11.7 Å². The van der Waals surface area contributed by atoms with Crippen molar-refractivity contribution in [2.24, 2.45) is 0 Å². The van der Waals surface area contributed by atoms with Crippen LogP contribution >= 0.6 is 0 Å². The van der Waals surface area contributed by atoms with Crippen LogP contribution in [0.2, 0.25) is 0 Å². The number of hydrogen-bond acceptors (Lipinski definition) is 2. The zero-order valence-corrected chi connectivity index (χ0v) is 12.7. The molecule has 22 heavy (non-hydrogen) atoms. The Balaban J connectivity index is 1.76. The van der Waals surface area contributed by atoms with E-state index in [1.54, 1.807) is 0 Å². The van der Waals surface area contributed by atoms with Crippen LogP contribution in [0.1, 0.15) is 41.3 Å². The van der Waals surface area contributed by atoms with Gasteiger partial charge in [0.25, 0.3) is 0 Å². The molecule has 0 spiro atoms. The predicted octanol–water partition coefficient (Wildman–Crippen LogP) is 3.51. The Morgan fingerprint density at radius 3 is 2.50 bits per heavy atom. The van der Waals surface area contributed by atoms with Crippen molar-refractivity contribution in [3.05, 3.63) is 59.2 Å². The highest BCUT2D eigenvalue weighted by atomic mass is 16.1. The number of hydrogen-bond donors (Lipinski definition) is 1. The molecule has 1 aliphatic carbocycles. The zero-order chi connectivity index (χ0) is 15.5. The van der Waals surface area contributed by atoms with E-state index in [9.17, 15) is 9.59 Å². The van der Waals surface area contributed by atoms with Gasteiger partial charge in [0.2, 0.25) is 5.91 Å². The van der Waals surface area contributed by atoms with Crippen molar-refractivity contribution >= 4 is 11.7 Å². The van der Waals surface area contributed by atoms with Crippen molar-refractivity contribution in [2.45, 2.75) is 32.7 Å². The lowest BCUT2D eigenvalue weighted by Gasteiger charge is -2.07. The third kappa shape index (κ3) is 2.93. The summed E-state index contributed by atoms with van der Waals surface area (Å²) < 4.78 is 0. The maximum Gasteiger partial charge on any atom is 0.219 e. The highest BCUT2D eigenvalue weighted by molar-refractivity contribution is 6.00. The maximum atomic E-state index is 11.7. The summed E-state index contributed by atoms with van der Waals surface area (Å²) in [5.41, 5.74) is 5.39. The van der Waals surface area contributed by atoms with Gasteiger partial charge in [0.1, 0.15) is 0 Å². The average molecular weight is 293 g/mol. The van der Waals surface area contributed by atoms with Gasteiger partial charge in [0.05, 0.1) is 0 Å². The van der Waals surface area contributed by atoms with Crippen LogP contribution in [0.5, 0.6) is 0 Å². The van der Waals surface area contributed by atoms with Gasteiger partial charge in [-0.25, -0.2) is 0 Å². The minimum atomic E-state index is 0.0624. The summed E-state index contributed by atoms with van der Waals surface area (Å²) in [6.07, 6.45) is 1.99. The lowest BCUT2D eigenvalue weighted by Crippen LogP contribution is -2.21. The summed E-state index contributed by atoms with van der Waals surface area (Å²) in [7, 11) is 0. The minimum Gasteiger partial charge on any atom is -0.352 e. The van der Waals surface area contributed by atoms with Gasteiger partial charge in [-0.3, -0.25) is 9.59 Å². The number of carbonyl (C=O) groups is 2. The summed E-state index contributed by atoms with van der Waals surface area (Å²) in [5, 5.41) is 2.87. The average Bonchev–Trinajstić information content (AvgIpc) is 2.93. The zero-order valence-electron chi connectivity index (χ0n) is 12.7. The number of aryl methyl sites for hydroxylation is 1. The van der Waals surface area contributed by atoms with Crippen LogP contribution in [0.15, 0.2) is 42.5 Å². The van der Waals surface area contributed by atoms with E-state index in [1.807, 2.05) is 31.2 Å². The van der Waals surface area contributed by atoms with Crippen LogP contribution in [0.3, 0.4) is 0 Å². The van der Waals surface area contributed by atoms with E-state index < -0.39 is 0 Å². The Bertz CT molecular complexity index is 717. The number of fused-ring (bicyclic) bond motifs is 1. The van der Waals surface area contributed by atoms with Crippen LogP contribution in [0.25, 0.3) is 11.1 Å². The Kier molecular flexibility index (Phi) is 4.05. The Labute approximate surface area is 130 Å². The van der Waals surface area contributed by atoms with Crippen LogP contribution in [-0.2, 0) is 17.8 Å². The fourth-order valence-electron chi connectivity index (χ4n) is 2.78. The molecule has 112 valence electrons. The molecule has 0 aliphatic heterocycles. The Morgan fingerprint density at radius 1 is 1.05 bits per heavy atom. The smallest absolute Gasteiger partial charge is 0.219 e. The largest absolute Gasteiger partial charge is 0.352 e. The van der Waals surface area contributed by atoms with Gasteiger partial charge in [0.15, 0.2) is 5.78 Å². The van der Waals surface area contributed by atoms with E-state index in [0.29, 0.717) is 19.4 Å². The second-order valence-corrected chi connectivity index (χ2v) is 5.62. The van der Waals surface area contributed by atoms with Crippen LogP contribution in [0.4, 0.5) is 0 Å². The summed E-state index contributed by atoms with van der Waals surface area (Å²) >= 11 is 0. The molecule has 3 rings (SSSR count). The predicted molar refractivity (Wildman–Crippen MR) is 86.7 cm³/mol. The number of benzene rings is 2. The maximum absolute atomic E-state index is 11.7. The first kappa shape index (κ1) is 14.5. The molecule has 1 aliphatic rings. The molecule has 2 aromatic rings. The molecule has 0 fully saturated rings. The minimum absolute atomic E-state index is 0.0624. The topological polar surface area (TPSA) is 46.2 Å². The summed E-state index contributed by atoms with van der Waals surface area (Å²) in [4.78, 5) is 22.9. The van der Waals surface area contributed by atoms with Crippen molar-refractivity contribution in [3.63, 3.8) is 0 Å².